The number of pyridine rings is 1. The van der Waals surface area contributed by atoms with Crippen LogP contribution in [0.3, 0.4) is 0 Å². The van der Waals surface area contributed by atoms with Crippen molar-refractivity contribution in [3.05, 3.63) is 77.8 Å². The smallest absolute Gasteiger partial charge is 0.265 e. The highest BCUT2D eigenvalue weighted by Gasteiger charge is 2.19. The first-order valence-corrected chi connectivity index (χ1v) is 8.74. The number of halogens is 1. The van der Waals surface area contributed by atoms with Crippen molar-refractivity contribution >= 4 is 27.5 Å². The summed E-state index contributed by atoms with van der Waals surface area (Å²) in [6.45, 7) is 0. The Morgan fingerprint density at radius 2 is 1.83 bits per heavy atom. The summed E-state index contributed by atoms with van der Waals surface area (Å²) in [5.41, 5.74) is 0.974. The van der Waals surface area contributed by atoms with Gasteiger partial charge in [0.05, 0.1) is 4.90 Å². The third-order valence-electron chi connectivity index (χ3n) is 3.25. The third-order valence-corrected chi connectivity index (χ3v) is 4.78. The highest BCUT2D eigenvalue weighted by atomic mass is 35.5. The molecule has 6 nitrogen and oxygen atoms in total. The van der Waals surface area contributed by atoms with Crippen LogP contribution < -0.4 is 4.72 Å². The molecule has 0 aliphatic rings. The normalized spacial score (nSPS) is 11.2. The zero-order chi connectivity index (χ0) is 17.2. The topological polar surface area (TPSA) is 81.1 Å². The summed E-state index contributed by atoms with van der Waals surface area (Å²) < 4.78 is 28.4. The molecule has 0 aliphatic carbocycles. The van der Waals surface area contributed by atoms with Crippen LogP contribution in [0.5, 0.6) is 0 Å². The van der Waals surface area contributed by atoms with Gasteiger partial charge in [-0.1, -0.05) is 17.7 Å². The molecule has 0 atom stereocenters. The first-order valence-electron chi connectivity index (χ1n) is 6.88. The molecular formula is C16H12ClN3O3S. The summed E-state index contributed by atoms with van der Waals surface area (Å²) in [5.74, 6) is -0.725. The van der Waals surface area contributed by atoms with E-state index in [2.05, 4.69) is 4.98 Å². The monoisotopic (exact) mass is 361 g/mol. The van der Waals surface area contributed by atoms with Gasteiger partial charge in [0.2, 0.25) is 0 Å². The number of amides is 1. The fraction of sp³-hybridized carbons (Fsp3) is 0. The molecule has 2 heterocycles. The molecule has 122 valence electrons. The van der Waals surface area contributed by atoms with E-state index >= 15 is 0 Å². The van der Waals surface area contributed by atoms with E-state index in [4.69, 9.17) is 11.6 Å². The maximum atomic E-state index is 12.3. The Hall–Kier alpha value is -2.64. The first-order chi connectivity index (χ1) is 11.5. The van der Waals surface area contributed by atoms with Crippen molar-refractivity contribution in [1.29, 1.82) is 0 Å². The highest BCUT2D eigenvalue weighted by Crippen LogP contribution is 2.15. The Labute approximate surface area is 143 Å². The lowest BCUT2D eigenvalue weighted by Crippen LogP contribution is -2.30. The maximum Gasteiger partial charge on any atom is 0.265 e. The molecule has 0 bridgehead atoms. The fourth-order valence-corrected chi connectivity index (χ4v) is 3.33. The second-order valence-corrected chi connectivity index (χ2v) is 6.96. The summed E-state index contributed by atoms with van der Waals surface area (Å²) in [5, 5.41) is 0.0277. The molecule has 3 aromatic rings. The Bertz CT molecular complexity index is 985. The number of carbonyl (C=O) groups excluding carboxylic acids is 1. The van der Waals surface area contributed by atoms with Crippen LogP contribution in [-0.4, -0.2) is 23.9 Å². The number of hydrogen-bond acceptors (Lipinski definition) is 4. The Morgan fingerprint density at radius 3 is 2.54 bits per heavy atom. The van der Waals surface area contributed by atoms with Gasteiger partial charge < -0.3 is 4.57 Å². The summed E-state index contributed by atoms with van der Waals surface area (Å²) in [6, 6.07) is 12.8. The average molecular weight is 362 g/mol. The van der Waals surface area contributed by atoms with E-state index in [0.717, 1.165) is 5.69 Å². The zero-order valence-electron chi connectivity index (χ0n) is 12.3. The third kappa shape index (κ3) is 3.47. The summed E-state index contributed by atoms with van der Waals surface area (Å²) in [4.78, 5) is 15.9. The van der Waals surface area contributed by atoms with Gasteiger partial charge in [-0.3, -0.25) is 4.79 Å². The number of hydrogen-bond donors (Lipinski definition) is 1. The van der Waals surface area contributed by atoms with Crippen LogP contribution in [-0.2, 0) is 10.0 Å². The molecule has 2 aromatic heterocycles. The van der Waals surface area contributed by atoms with Crippen LogP contribution in [0.15, 0.2) is 72.0 Å². The molecule has 1 amide bonds. The second-order valence-electron chi connectivity index (χ2n) is 4.89. The molecular weight excluding hydrogens is 350 g/mol. The molecule has 0 saturated carbocycles. The van der Waals surface area contributed by atoms with Crippen molar-refractivity contribution < 1.29 is 13.2 Å². The van der Waals surface area contributed by atoms with Crippen LogP contribution in [0.4, 0.5) is 0 Å². The largest absolute Gasteiger partial charge is 0.324 e. The number of carbonyl (C=O) groups is 1. The van der Waals surface area contributed by atoms with Crippen LogP contribution in [0.1, 0.15) is 10.4 Å². The lowest BCUT2D eigenvalue weighted by Gasteiger charge is -2.09. The Balaban J connectivity index is 1.86. The first kappa shape index (κ1) is 16.2. The number of benzene rings is 1. The van der Waals surface area contributed by atoms with Gasteiger partial charge >= 0.3 is 0 Å². The lowest BCUT2D eigenvalue weighted by molar-refractivity contribution is 0.0981. The minimum Gasteiger partial charge on any atom is -0.324 e. The summed E-state index contributed by atoms with van der Waals surface area (Å²) >= 11 is 5.69. The fourth-order valence-electron chi connectivity index (χ4n) is 2.11. The lowest BCUT2D eigenvalue weighted by atomic mass is 10.2. The predicted octanol–water partition coefficient (Wildman–Crippen LogP) is 2.64. The van der Waals surface area contributed by atoms with Crippen molar-refractivity contribution in [3.63, 3.8) is 0 Å². The van der Waals surface area contributed by atoms with Gasteiger partial charge in [0.1, 0.15) is 5.15 Å². The number of aromatic nitrogens is 2. The van der Waals surface area contributed by atoms with Crippen LogP contribution in [0.2, 0.25) is 5.15 Å². The van der Waals surface area contributed by atoms with Gasteiger partial charge in [0.25, 0.3) is 15.9 Å². The number of nitrogens with one attached hydrogen (secondary N) is 1. The maximum absolute atomic E-state index is 12.3. The van der Waals surface area contributed by atoms with E-state index in [9.17, 15) is 13.2 Å². The summed E-state index contributed by atoms with van der Waals surface area (Å²) in [7, 11) is -4.03. The minimum atomic E-state index is -4.03. The molecule has 1 N–H and O–H groups in total. The van der Waals surface area contributed by atoms with Crippen LogP contribution in [0.25, 0.3) is 5.69 Å². The van der Waals surface area contributed by atoms with Crippen molar-refractivity contribution in [3.8, 4) is 5.69 Å². The molecule has 0 fully saturated rings. The number of nitrogens with zero attached hydrogens (tertiary/aromatic N) is 2. The number of sulfonamides is 1. The Kier molecular flexibility index (Phi) is 4.37. The minimum absolute atomic E-state index is 0.0277. The van der Waals surface area contributed by atoms with Gasteiger partial charge in [-0.25, -0.2) is 18.1 Å². The molecule has 0 radical (unpaired) electrons. The quantitative estimate of drug-likeness (QED) is 0.724. The van der Waals surface area contributed by atoms with Gasteiger partial charge in [0.15, 0.2) is 0 Å². The van der Waals surface area contributed by atoms with E-state index in [1.807, 2.05) is 39.9 Å². The molecule has 1 aromatic carbocycles. The highest BCUT2D eigenvalue weighted by molar-refractivity contribution is 7.90. The van der Waals surface area contributed by atoms with Crippen LogP contribution >= 0.6 is 11.6 Å². The molecule has 0 aliphatic heterocycles. The van der Waals surface area contributed by atoms with Gasteiger partial charge in [-0.15, -0.1) is 0 Å². The van der Waals surface area contributed by atoms with E-state index in [1.165, 1.54) is 24.4 Å². The van der Waals surface area contributed by atoms with Gasteiger partial charge in [0, 0.05) is 29.8 Å². The standard InChI is InChI=1S/C16H12ClN3O3S/c17-15-11-14(6-7-18-15)24(22,23)19-16(21)12-4-3-5-13(10-12)20-8-1-2-9-20/h1-11H,(H,19,21). The van der Waals surface area contributed by atoms with E-state index in [1.54, 1.807) is 12.1 Å². The molecule has 0 spiro atoms. The predicted molar refractivity (Wildman–Crippen MR) is 89.7 cm³/mol. The van der Waals surface area contributed by atoms with E-state index in [-0.39, 0.29) is 15.6 Å². The van der Waals surface area contributed by atoms with E-state index in [0.29, 0.717) is 0 Å². The van der Waals surface area contributed by atoms with E-state index < -0.39 is 15.9 Å². The Morgan fingerprint density at radius 1 is 1.08 bits per heavy atom. The molecule has 0 unspecified atom stereocenters. The second kappa shape index (κ2) is 6.46. The van der Waals surface area contributed by atoms with Crippen molar-refractivity contribution in [1.82, 2.24) is 14.3 Å². The van der Waals surface area contributed by atoms with Crippen LogP contribution in [0, 0.1) is 0 Å². The molecule has 8 heteroatoms. The molecule has 24 heavy (non-hydrogen) atoms. The van der Waals surface area contributed by atoms with Crippen molar-refractivity contribution in [2.45, 2.75) is 4.90 Å². The molecule has 3 rings (SSSR count). The SMILES string of the molecule is O=C(NS(=O)(=O)c1ccnc(Cl)c1)c1cccc(-n2cccc2)c1. The van der Waals surface area contributed by atoms with Gasteiger partial charge in [-0.2, -0.15) is 0 Å². The van der Waals surface area contributed by atoms with Crippen molar-refractivity contribution in [2.75, 3.05) is 0 Å². The average Bonchev–Trinajstić information content (AvgIpc) is 3.09. The number of rotatable bonds is 4. The summed E-state index contributed by atoms with van der Waals surface area (Å²) in [6.07, 6.45) is 4.91. The zero-order valence-corrected chi connectivity index (χ0v) is 13.8. The van der Waals surface area contributed by atoms with Crippen molar-refractivity contribution in [2.24, 2.45) is 0 Å². The van der Waals surface area contributed by atoms with Gasteiger partial charge in [-0.05, 0) is 42.5 Å². The molecule has 0 saturated heterocycles.